The first-order chi connectivity index (χ1) is 8.61. The molecular weight excluding hydrogens is 264 g/mol. The van der Waals surface area contributed by atoms with E-state index in [1.807, 2.05) is 6.92 Å². The van der Waals surface area contributed by atoms with Crippen LogP contribution in [0, 0.1) is 6.92 Å². The summed E-state index contributed by atoms with van der Waals surface area (Å²) in [5.74, 6) is -0.267. The molecule has 0 saturated carbocycles. The molecule has 0 aliphatic rings. The number of carbonyl (C=O) groups excluding carboxylic acids is 1. The Balaban J connectivity index is 3.18. The molecule has 2 N–H and O–H groups in total. The number of benzene rings is 1. The molecule has 19 heavy (non-hydrogen) atoms. The molecule has 1 rings (SSSR count). The lowest BCUT2D eigenvalue weighted by Gasteiger charge is -2.17. The molecule has 1 aromatic carbocycles. The standard InChI is InChI=1S/C13H18N2O3S/c1-9(2)8-15(4)13(16)11-5-10(3)6-12(7-11)19(14,17)18/h5-7H,1,8H2,2-4H3,(H2,14,17,18). The highest BCUT2D eigenvalue weighted by Gasteiger charge is 2.16. The number of aryl methyl sites for hydroxylation is 1. The van der Waals surface area contributed by atoms with Crippen LogP contribution in [0.4, 0.5) is 0 Å². The van der Waals surface area contributed by atoms with Gasteiger partial charge in [-0.15, -0.1) is 0 Å². The Kier molecular flexibility index (Phi) is 4.49. The van der Waals surface area contributed by atoms with E-state index in [0.717, 1.165) is 5.57 Å². The summed E-state index contributed by atoms with van der Waals surface area (Å²) in [6.45, 7) is 7.68. The summed E-state index contributed by atoms with van der Waals surface area (Å²) in [4.78, 5) is 13.6. The fourth-order valence-corrected chi connectivity index (χ4v) is 2.37. The predicted octanol–water partition coefficient (Wildman–Crippen LogP) is 1.29. The Bertz CT molecular complexity index is 621. The fraction of sp³-hybridized carbons (Fsp3) is 0.308. The number of nitrogens with two attached hydrogens (primary N) is 1. The second-order valence-electron chi connectivity index (χ2n) is 4.70. The summed E-state index contributed by atoms with van der Waals surface area (Å²) in [5.41, 5.74) is 1.81. The van der Waals surface area contributed by atoms with Gasteiger partial charge < -0.3 is 4.90 Å². The molecule has 0 atom stereocenters. The highest BCUT2D eigenvalue weighted by molar-refractivity contribution is 7.89. The van der Waals surface area contributed by atoms with Gasteiger partial charge in [0.2, 0.25) is 10.0 Å². The molecule has 5 nitrogen and oxygen atoms in total. The third kappa shape index (κ3) is 4.18. The minimum Gasteiger partial charge on any atom is -0.338 e. The van der Waals surface area contributed by atoms with Crippen LogP contribution in [-0.4, -0.2) is 32.8 Å². The van der Waals surface area contributed by atoms with E-state index < -0.39 is 10.0 Å². The van der Waals surface area contributed by atoms with Gasteiger partial charge in [-0.3, -0.25) is 4.79 Å². The summed E-state index contributed by atoms with van der Waals surface area (Å²) in [7, 11) is -2.18. The second kappa shape index (κ2) is 5.54. The van der Waals surface area contributed by atoms with E-state index in [-0.39, 0.29) is 10.8 Å². The van der Waals surface area contributed by atoms with Crippen LogP contribution in [0.5, 0.6) is 0 Å². The monoisotopic (exact) mass is 282 g/mol. The van der Waals surface area contributed by atoms with Crippen molar-refractivity contribution in [1.82, 2.24) is 4.90 Å². The Morgan fingerprint density at radius 3 is 2.42 bits per heavy atom. The number of amides is 1. The second-order valence-corrected chi connectivity index (χ2v) is 6.26. The van der Waals surface area contributed by atoms with Gasteiger partial charge in [0.05, 0.1) is 4.90 Å². The number of hydrogen-bond acceptors (Lipinski definition) is 3. The van der Waals surface area contributed by atoms with Crippen LogP contribution in [0.2, 0.25) is 0 Å². The third-order valence-corrected chi connectivity index (χ3v) is 3.37. The van der Waals surface area contributed by atoms with E-state index in [2.05, 4.69) is 6.58 Å². The van der Waals surface area contributed by atoms with Crippen molar-refractivity contribution in [2.75, 3.05) is 13.6 Å². The van der Waals surface area contributed by atoms with Gasteiger partial charge in [0, 0.05) is 19.2 Å². The minimum atomic E-state index is -3.82. The van der Waals surface area contributed by atoms with Crippen LogP contribution in [0.3, 0.4) is 0 Å². The zero-order valence-electron chi connectivity index (χ0n) is 11.3. The Hall–Kier alpha value is -1.66. The van der Waals surface area contributed by atoms with E-state index in [9.17, 15) is 13.2 Å². The van der Waals surface area contributed by atoms with Crippen molar-refractivity contribution in [1.29, 1.82) is 0 Å². The first kappa shape index (κ1) is 15.4. The Labute approximate surface area is 113 Å². The zero-order chi connectivity index (χ0) is 14.8. The Morgan fingerprint density at radius 2 is 1.95 bits per heavy atom. The highest BCUT2D eigenvalue weighted by atomic mass is 32.2. The average Bonchev–Trinajstić information content (AvgIpc) is 2.25. The Morgan fingerprint density at radius 1 is 1.37 bits per heavy atom. The maximum Gasteiger partial charge on any atom is 0.253 e. The van der Waals surface area contributed by atoms with Gasteiger partial charge in [-0.05, 0) is 37.6 Å². The van der Waals surface area contributed by atoms with Crippen molar-refractivity contribution in [2.45, 2.75) is 18.7 Å². The lowest BCUT2D eigenvalue weighted by atomic mass is 10.1. The highest BCUT2D eigenvalue weighted by Crippen LogP contribution is 2.15. The lowest BCUT2D eigenvalue weighted by Crippen LogP contribution is -2.28. The number of carbonyl (C=O) groups is 1. The lowest BCUT2D eigenvalue weighted by molar-refractivity contribution is 0.0806. The van der Waals surface area contributed by atoms with E-state index >= 15 is 0 Å². The van der Waals surface area contributed by atoms with E-state index in [1.54, 1.807) is 20.0 Å². The van der Waals surface area contributed by atoms with Crippen molar-refractivity contribution in [3.8, 4) is 0 Å². The first-order valence-electron chi connectivity index (χ1n) is 5.65. The fourth-order valence-electron chi connectivity index (χ4n) is 1.73. The molecule has 104 valence electrons. The summed E-state index contributed by atoms with van der Waals surface area (Å²) >= 11 is 0. The summed E-state index contributed by atoms with van der Waals surface area (Å²) in [6.07, 6.45) is 0. The van der Waals surface area contributed by atoms with Crippen molar-refractivity contribution in [2.24, 2.45) is 5.14 Å². The molecule has 0 saturated heterocycles. The summed E-state index contributed by atoms with van der Waals surface area (Å²) in [5, 5.41) is 5.08. The van der Waals surface area contributed by atoms with Crippen molar-refractivity contribution in [3.63, 3.8) is 0 Å². The van der Waals surface area contributed by atoms with Crippen molar-refractivity contribution in [3.05, 3.63) is 41.5 Å². The van der Waals surface area contributed by atoms with Crippen LogP contribution in [-0.2, 0) is 10.0 Å². The maximum absolute atomic E-state index is 12.2. The minimum absolute atomic E-state index is 0.0559. The number of rotatable bonds is 4. The van der Waals surface area contributed by atoms with Gasteiger partial charge in [0.1, 0.15) is 0 Å². The van der Waals surface area contributed by atoms with E-state index in [0.29, 0.717) is 17.7 Å². The molecule has 0 unspecified atom stereocenters. The van der Waals surface area contributed by atoms with Crippen molar-refractivity contribution >= 4 is 15.9 Å². The molecule has 0 heterocycles. The molecule has 0 spiro atoms. The molecule has 0 radical (unpaired) electrons. The quantitative estimate of drug-likeness (QED) is 0.845. The largest absolute Gasteiger partial charge is 0.338 e. The van der Waals surface area contributed by atoms with Crippen LogP contribution in [0.25, 0.3) is 0 Å². The van der Waals surface area contributed by atoms with Gasteiger partial charge >= 0.3 is 0 Å². The molecule has 1 aromatic rings. The number of hydrogen-bond donors (Lipinski definition) is 1. The maximum atomic E-state index is 12.2. The number of sulfonamides is 1. The molecule has 0 fully saturated rings. The number of primary sulfonamides is 1. The molecule has 0 aliphatic carbocycles. The first-order valence-corrected chi connectivity index (χ1v) is 7.20. The molecular formula is C13H18N2O3S. The molecule has 0 bridgehead atoms. The van der Waals surface area contributed by atoms with Crippen LogP contribution >= 0.6 is 0 Å². The SMILES string of the molecule is C=C(C)CN(C)C(=O)c1cc(C)cc(S(N)(=O)=O)c1. The number of nitrogens with zero attached hydrogens (tertiary/aromatic N) is 1. The van der Waals surface area contributed by atoms with Crippen molar-refractivity contribution < 1.29 is 13.2 Å². The van der Waals surface area contributed by atoms with Crippen LogP contribution < -0.4 is 5.14 Å². The summed E-state index contributed by atoms with van der Waals surface area (Å²) < 4.78 is 22.7. The number of likely N-dealkylation sites (N-methyl/N-ethyl adjacent to an activating group) is 1. The van der Waals surface area contributed by atoms with E-state index in [1.165, 1.54) is 17.0 Å². The van der Waals surface area contributed by atoms with Crippen LogP contribution in [0.1, 0.15) is 22.8 Å². The van der Waals surface area contributed by atoms with Gasteiger partial charge in [0.15, 0.2) is 0 Å². The zero-order valence-corrected chi connectivity index (χ0v) is 12.1. The molecule has 0 aromatic heterocycles. The molecule has 6 heteroatoms. The van der Waals surface area contributed by atoms with Gasteiger partial charge in [0.25, 0.3) is 5.91 Å². The molecule has 0 aliphatic heterocycles. The van der Waals surface area contributed by atoms with E-state index in [4.69, 9.17) is 5.14 Å². The topological polar surface area (TPSA) is 80.5 Å². The molecule has 1 amide bonds. The third-order valence-electron chi connectivity index (χ3n) is 2.48. The smallest absolute Gasteiger partial charge is 0.253 e. The average molecular weight is 282 g/mol. The predicted molar refractivity (Wildman–Crippen MR) is 74.3 cm³/mol. The summed E-state index contributed by atoms with van der Waals surface area (Å²) in [6, 6.07) is 4.36. The van der Waals surface area contributed by atoms with Gasteiger partial charge in [-0.2, -0.15) is 0 Å². The van der Waals surface area contributed by atoms with Crippen LogP contribution in [0.15, 0.2) is 35.2 Å². The van der Waals surface area contributed by atoms with Gasteiger partial charge in [-0.1, -0.05) is 12.2 Å². The normalized spacial score (nSPS) is 11.2. The van der Waals surface area contributed by atoms with Gasteiger partial charge in [-0.25, -0.2) is 13.6 Å².